The molecule has 1 aromatic heterocycles. The Morgan fingerprint density at radius 1 is 0.958 bits per heavy atom. The average Bonchev–Trinajstić information content (AvgIpc) is 2.63. The molecular formula is C19H17N3O2. The molecule has 0 aliphatic heterocycles. The second-order valence-corrected chi connectivity index (χ2v) is 5.49. The van der Waals surface area contributed by atoms with Gasteiger partial charge in [-0.05, 0) is 29.7 Å². The van der Waals surface area contributed by atoms with E-state index >= 15 is 0 Å². The number of hydrogen-bond donors (Lipinski definition) is 2. The maximum Gasteiger partial charge on any atom is 0.272 e. The van der Waals surface area contributed by atoms with Gasteiger partial charge >= 0.3 is 0 Å². The van der Waals surface area contributed by atoms with E-state index in [4.69, 9.17) is 0 Å². The Balaban J connectivity index is 1.71. The number of rotatable bonds is 4. The molecule has 5 heteroatoms. The first-order chi connectivity index (χ1) is 11.6. The number of aromatic amines is 1. The lowest BCUT2D eigenvalue weighted by Gasteiger charge is -2.14. The Morgan fingerprint density at radius 3 is 2.25 bits per heavy atom. The Labute approximate surface area is 139 Å². The maximum atomic E-state index is 12.1. The fraction of sp³-hybridized carbons (Fsp3) is 0.105. The summed E-state index contributed by atoms with van der Waals surface area (Å²) < 4.78 is 0. The largest absolute Gasteiger partial charge is 0.344 e. The summed E-state index contributed by atoms with van der Waals surface area (Å²) in [5.74, 6) is -0.328. The molecule has 0 saturated heterocycles. The van der Waals surface area contributed by atoms with Gasteiger partial charge in [0.05, 0.1) is 6.04 Å². The molecule has 3 aromatic rings. The van der Waals surface area contributed by atoms with Crippen molar-refractivity contribution >= 4 is 5.91 Å². The maximum absolute atomic E-state index is 12.1. The van der Waals surface area contributed by atoms with E-state index in [1.165, 1.54) is 12.1 Å². The lowest BCUT2D eigenvalue weighted by Crippen LogP contribution is -2.28. The molecule has 3 rings (SSSR count). The van der Waals surface area contributed by atoms with Crippen LogP contribution in [0.3, 0.4) is 0 Å². The van der Waals surface area contributed by atoms with Gasteiger partial charge in [-0.15, -0.1) is 0 Å². The number of H-pyrrole nitrogens is 1. The van der Waals surface area contributed by atoms with Gasteiger partial charge in [-0.2, -0.15) is 5.10 Å². The minimum atomic E-state index is -0.337. The van der Waals surface area contributed by atoms with Gasteiger partial charge in [0.25, 0.3) is 11.5 Å². The normalized spacial score (nSPS) is 11.7. The van der Waals surface area contributed by atoms with Gasteiger partial charge in [-0.25, -0.2) is 5.10 Å². The average molecular weight is 319 g/mol. The van der Waals surface area contributed by atoms with Crippen LogP contribution in [-0.4, -0.2) is 16.1 Å². The van der Waals surface area contributed by atoms with Gasteiger partial charge in [0.1, 0.15) is 5.69 Å². The number of carbonyl (C=O) groups excluding carboxylic acids is 1. The number of nitrogens with one attached hydrogen (secondary N) is 2. The summed E-state index contributed by atoms with van der Waals surface area (Å²) in [5.41, 5.74) is 3.12. The first kappa shape index (κ1) is 15.7. The van der Waals surface area contributed by atoms with Crippen molar-refractivity contribution in [3.05, 3.63) is 88.3 Å². The van der Waals surface area contributed by atoms with Crippen molar-refractivity contribution < 1.29 is 4.79 Å². The summed E-state index contributed by atoms with van der Waals surface area (Å²) >= 11 is 0. The highest BCUT2D eigenvalue weighted by Gasteiger charge is 2.12. The highest BCUT2D eigenvalue weighted by Crippen LogP contribution is 2.21. The molecule has 0 saturated carbocycles. The van der Waals surface area contributed by atoms with Crippen LogP contribution in [0.1, 0.15) is 29.0 Å². The predicted molar refractivity (Wildman–Crippen MR) is 92.6 cm³/mol. The molecule has 24 heavy (non-hydrogen) atoms. The van der Waals surface area contributed by atoms with E-state index in [-0.39, 0.29) is 23.2 Å². The molecule has 0 spiro atoms. The number of carbonyl (C=O) groups is 1. The van der Waals surface area contributed by atoms with Gasteiger partial charge in [0, 0.05) is 6.07 Å². The summed E-state index contributed by atoms with van der Waals surface area (Å²) in [7, 11) is 0. The van der Waals surface area contributed by atoms with E-state index in [0.29, 0.717) is 0 Å². The fourth-order valence-corrected chi connectivity index (χ4v) is 2.42. The fourth-order valence-electron chi connectivity index (χ4n) is 2.42. The van der Waals surface area contributed by atoms with Crippen LogP contribution in [0.15, 0.2) is 71.5 Å². The third kappa shape index (κ3) is 3.57. The van der Waals surface area contributed by atoms with Crippen LogP contribution in [0.4, 0.5) is 0 Å². The molecule has 0 unspecified atom stereocenters. The van der Waals surface area contributed by atoms with Gasteiger partial charge in [0.2, 0.25) is 0 Å². The lowest BCUT2D eigenvalue weighted by atomic mass is 10.0. The Hall–Kier alpha value is -3.21. The zero-order chi connectivity index (χ0) is 16.9. The van der Waals surface area contributed by atoms with Crippen molar-refractivity contribution in [2.45, 2.75) is 13.0 Å². The molecule has 0 aliphatic rings. The SMILES string of the molecule is C[C@H](NC(=O)c1ccc(=O)[nH]n1)c1ccc(-c2ccccc2)cc1. The lowest BCUT2D eigenvalue weighted by molar-refractivity contribution is 0.0933. The van der Waals surface area contributed by atoms with Crippen molar-refractivity contribution in [2.24, 2.45) is 0 Å². The van der Waals surface area contributed by atoms with Crippen molar-refractivity contribution in [3.63, 3.8) is 0 Å². The molecular weight excluding hydrogens is 302 g/mol. The third-order valence-corrected chi connectivity index (χ3v) is 3.78. The Bertz CT molecular complexity index is 866. The van der Waals surface area contributed by atoms with E-state index in [1.54, 1.807) is 0 Å². The predicted octanol–water partition coefficient (Wildman–Crippen LogP) is 2.93. The molecule has 0 fully saturated rings. The van der Waals surface area contributed by atoms with E-state index in [2.05, 4.69) is 27.6 Å². The summed E-state index contributed by atoms with van der Waals surface area (Å²) in [4.78, 5) is 23.1. The van der Waals surface area contributed by atoms with Crippen LogP contribution in [0, 0.1) is 0 Å². The molecule has 0 aliphatic carbocycles. The topological polar surface area (TPSA) is 74.8 Å². The number of nitrogens with zero attached hydrogens (tertiary/aromatic N) is 1. The Kier molecular flexibility index (Phi) is 4.52. The summed E-state index contributed by atoms with van der Waals surface area (Å²) in [6.45, 7) is 1.90. The first-order valence-corrected chi connectivity index (χ1v) is 7.65. The molecule has 5 nitrogen and oxygen atoms in total. The first-order valence-electron chi connectivity index (χ1n) is 7.65. The minimum absolute atomic E-state index is 0.170. The second-order valence-electron chi connectivity index (χ2n) is 5.49. The molecule has 1 heterocycles. The van der Waals surface area contributed by atoms with E-state index < -0.39 is 0 Å². The molecule has 120 valence electrons. The standard InChI is InChI=1S/C19H17N3O2/c1-13(20-19(24)17-11-12-18(23)22-21-17)14-7-9-16(10-8-14)15-5-3-2-4-6-15/h2-13H,1H3,(H,20,24)(H,22,23)/t13-/m0/s1. The van der Waals surface area contributed by atoms with Crippen LogP contribution in [0.2, 0.25) is 0 Å². The zero-order valence-corrected chi connectivity index (χ0v) is 13.2. The van der Waals surface area contributed by atoms with Crippen molar-refractivity contribution in [1.82, 2.24) is 15.5 Å². The van der Waals surface area contributed by atoms with Gasteiger partial charge in [-0.1, -0.05) is 54.6 Å². The quantitative estimate of drug-likeness (QED) is 0.776. The van der Waals surface area contributed by atoms with Crippen LogP contribution in [-0.2, 0) is 0 Å². The molecule has 0 bridgehead atoms. The highest BCUT2D eigenvalue weighted by atomic mass is 16.2. The summed E-state index contributed by atoms with van der Waals surface area (Å²) in [5, 5.41) is 8.85. The minimum Gasteiger partial charge on any atom is -0.344 e. The second kappa shape index (κ2) is 6.91. The summed E-state index contributed by atoms with van der Waals surface area (Å²) in [6.07, 6.45) is 0. The Morgan fingerprint density at radius 2 is 1.62 bits per heavy atom. The van der Waals surface area contributed by atoms with Crippen LogP contribution in [0.25, 0.3) is 11.1 Å². The van der Waals surface area contributed by atoms with Gasteiger partial charge in [-0.3, -0.25) is 9.59 Å². The van der Waals surface area contributed by atoms with Crippen molar-refractivity contribution in [1.29, 1.82) is 0 Å². The van der Waals surface area contributed by atoms with E-state index in [1.807, 2.05) is 49.4 Å². The molecule has 2 N–H and O–H groups in total. The molecule has 0 radical (unpaired) electrons. The van der Waals surface area contributed by atoms with Crippen LogP contribution < -0.4 is 10.9 Å². The highest BCUT2D eigenvalue weighted by molar-refractivity contribution is 5.92. The third-order valence-electron chi connectivity index (χ3n) is 3.78. The van der Waals surface area contributed by atoms with Crippen LogP contribution >= 0.6 is 0 Å². The smallest absolute Gasteiger partial charge is 0.272 e. The van der Waals surface area contributed by atoms with Gasteiger partial charge < -0.3 is 5.32 Å². The number of aromatic nitrogens is 2. The van der Waals surface area contributed by atoms with Crippen LogP contribution in [0.5, 0.6) is 0 Å². The van der Waals surface area contributed by atoms with Gasteiger partial charge in [0.15, 0.2) is 0 Å². The van der Waals surface area contributed by atoms with Crippen molar-refractivity contribution in [3.8, 4) is 11.1 Å². The number of hydrogen-bond acceptors (Lipinski definition) is 3. The van der Waals surface area contributed by atoms with Crippen molar-refractivity contribution in [2.75, 3.05) is 0 Å². The van der Waals surface area contributed by atoms with E-state index in [0.717, 1.165) is 16.7 Å². The molecule has 1 amide bonds. The monoisotopic (exact) mass is 319 g/mol. The number of benzene rings is 2. The number of amides is 1. The van der Waals surface area contributed by atoms with E-state index in [9.17, 15) is 9.59 Å². The molecule has 2 aromatic carbocycles. The summed E-state index contributed by atoms with van der Waals surface area (Å²) in [6, 6.07) is 20.7. The molecule has 1 atom stereocenters. The zero-order valence-electron chi connectivity index (χ0n) is 13.2.